The summed E-state index contributed by atoms with van der Waals surface area (Å²) in [6.07, 6.45) is -3.64. The summed E-state index contributed by atoms with van der Waals surface area (Å²) in [7, 11) is 0. The number of hydrogen-bond acceptors (Lipinski definition) is 12. The molecule has 1 saturated heterocycles. The third-order valence-electron chi connectivity index (χ3n) is 5.45. The molecule has 1 aliphatic carbocycles. The van der Waals surface area contributed by atoms with Gasteiger partial charge in [-0.1, -0.05) is 19.3 Å². The summed E-state index contributed by atoms with van der Waals surface area (Å²) in [4.78, 5) is 59.2. The summed E-state index contributed by atoms with van der Waals surface area (Å²) in [5.74, 6) is -3.58. The molecule has 12 heteroatoms. The molecule has 12 nitrogen and oxygen atoms in total. The fraction of sp³-hybridized carbons (Fsp3) is 0.783. The van der Waals surface area contributed by atoms with E-state index >= 15 is 0 Å². The van der Waals surface area contributed by atoms with Crippen molar-refractivity contribution in [2.75, 3.05) is 6.61 Å². The van der Waals surface area contributed by atoms with Crippen molar-refractivity contribution in [3.8, 4) is 0 Å². The van der Waals surface area contributed by atoms with Gasteiger partial charge in [-0.3, -0.25) is 24.0 Å². The van der Waals surface area contributed by atoms with E-state index in [1.54, 1.807) is 0 Å². The van der Waals surface area contributed by atoms with E-state index in [0.29, 0.717) is 0 Å². The molecule has 0 aromatic rings. The Morgan fingerprint density at radius 1 is 0.714 bits per heavy atom. The van der Waals surface area contributed by atoms with Gasteiger partial charge in [0.15, 0.2) is 30.7 Å². The van der Waals surface area contributed by atoms with Gasteiger partial charge in [-0.05, 0) is 12.8 Å². The summed E-state index contributed by atoms with van der Waals surface area (Å²) in [5, 5.41) is 0. The molecular formula is C23H34O12. The van der Waals surface area contributed by atoms with Crippen LogP contribution in [0.25, 0.3) is 0 Å². The van der Waals surface area contributed by atoms with E-state index in [4.69, 9.17) is 33.2 Å². The van der Waals surface area contributed by atoms with Crippen LogP contribution in [0.5, 0.6) is 0 Å². The van der Waals surface area contributed by atoms with E-state index in [9.17, 15) is 24.0 Å². The average molecular weight is 503 g/mol. The minimum Gasteiger partial charge on any atom is -0.462 e. The summed E-state index contributed by atoms with van der Waals surface area (Å²) in [6.45, 7) is 5.31. The fourth-order valence-corrected chi connectivity index (χ4v) is 4.21. The van der Waals surface area contributed by atoms with Crippen LogP contribution in [0.3, 0.4) is 0 Å². The van der Waals surface area contributed by atoms with E-state index in [2.05, 4.69) is 0 Å². The van der Waals surface area contributed by atoms with Gasteiger partial charge >= 0.3 is 29.8 Å². The van der Waals surface area contributed by atoms with Gasteiger partial charge in [-0.2, -0.15) is 0 Å². The lowest BCUT2D eigenvalue weighted by Crippen LogP contribution is -2.65. The summed E-state index contributed by atoms with van der Waals surface area (Å²) < 4.78 is 38.9. The molecule has 1 heterocycles. The van der Waals surface area contributed by atoms with Crippen LogP contribution in [0.2, 0.25) is 0 Å². The molecule has 6 atom stereocenters. The van der Waals surface area contributed by atoms with E-state index < -0.39 is 73.3 Å². The Bertz CT molecular complexity index is 774. The topological polar surface area (TPSA) is 150 Å². The number of ether oxygens (including phenoxy) is 7. The zero-order valence-electron chi connectivity index (χ0n) is 20.7. The van der Waals surface area contributed by atoms with Crippen molar-refractivity contribution in [1.29, 1.82) is 0 Å². The van der Waals surface area contributed by atoms with E-state index in [1.807, 2.05) is 0 Å². The third kappa shape index (κ3) is 9.10. The van der Waals surface area contributed by atoms with Crippen LogP contribution in [0.1, 0.15) is 66.7 Å². The second kappa shape index (κ2) is 13.4. The summed E-state index contributed by atoms with van der Waals surface area (Å²) in [5.41, 5.74) is 0. The van der Waals surface area contributed by atoms with Crippen LogP contribution in [-0.4, -0.2) is 79.4 Å². The third-order valence-corrected chi connectivity index (χ3v) is 5.45. The monoisotopic (exact) mass is 502 g/mol. The van der Waals surface area contributed by atoms with Gasteiger partial charge < -0.3 is 33.2 Å². The maximum Gasteiger partial charge on any atom is 0.303 e. The standard InChI is InChI=1S/C23H34O12/c1-12(24)29-11-18(30-13(2)25)19-20(31-14(3)26)21(32-15(4)27)22(33-16(5)28)23(35-19)34-17-9-7-6-8-10-17/h17-23H,6-11H2,1-5H3/t18-,19-,20+,21+,22+,23-/m1/s1. The maximum absolute atomic E-state index is 12.0. The molecule has 0 amide bonds. The Kier molecular flexibility index (Phi) is 10.9. The van der Waals surface area contributed by atoms with Crippen molar-refractivity contribution < 1.29 is 57.1 Å². The Morgan fingerprint density at radius 2 is 1.26 bits per heavy atom. The van der Waals surface area contributed by atoms with Crippen molar-refractivity contribution in [3.05, 3.63) is 0 Å². The molecule has 0 spiro atoms. The van der Waals surface area contributed by atoms with Crippen LogP contribution < -0.4 is 0 Å². The van der Waals surface area contributed by atoms with Crippen molar-refractivity contribution in [2.45, 2.75) is 110 Å². The lowest BCUT2D eigenvalue weighted by molar-refractivity contribution is -0.327. The molecule has 0 unspecified atom stereocenters. The van der Waals surface area contributed by atoms with E-state index in [0.717, 1.165) is 59.8 Å². The first kappa shape index (κ1) is 28.5. The quantitative estimate of drug-likeness (QED) is 0.331. The van der Waals surface area contributed by atoms with Crippen LogP contribution in [0.4, 0.5) is 0 Å². The average Bonchev–Trinajstić information content (AvgIpc) is 2.74. The number of esters is 5. The van der Waals surface area contributed by atoms with Crippen LogP contribution >= 0.6 is 0 Å². The highest BCUT2D eigenvalue weighted by molar-refractivity contribution is 5.69. The van der Waals surface area contributed by atoms with Gasteiger partial charge in [-0.15, -0.1) is 0 Å². The second-order valence-electron chi connectivity index (χ2n) is 8.54. The molecule has 1 aliphatic heterocycles. The Balaban J connectivity index is 2.50. The van der Waals surface area contributed by atoms with Crippen LogP contribution in [0, 0.1) is 0 Å². The first-order chi connectivity index (χ1) is 16.5. The fourth-order valence-electron chi connectivity index (χ4n) is 4.21. The minimum absolute atomic E-state index is 0.226. The minimum atomic E-state index is -1.38. The van der Waals surface area contributed by atoms with Crippen LogP contribution in [0.15, 0.2) is 0 Å². The smallest absolute Gasteiger partial charge is 0.303 e. The highest BCUT2D eigenvalue weighted by atomic mass is 16.7. The predicted molar refractivity (Wildman–Crippen MR) is 115 cm³/mol. The van der Waals surface area contributed by atoms with Gasteiger partial charge in [0.2, 0.25) is 0 Å². The molecule has 1 saturated carbocycles. The normalized spacial score (nSPS) is 27.7. The molecule has 2 fully saturated rings. The van der Waals surface area contributed by atoms with Gasteiger partial charge in [0.25, 0.3) is 0 Å². The highest BCUT2D eigenvalue weighted by Gasteiger charge is 2.55. The molecule has 0 N–H and O–H groups in total. The predicted octanol–water partition coefficient (Wildman–Crippen LogP) is 1.35. The Labute approximate surface area is 203 Å². The first-order valence-electron chi connectivity index (χ1n) is 11.6. The first-order valence-corrected chi connectivity index (χ1v) is 11.6. The van der Waals surface area contributed by atoms with E-state index in [-0.39, 0.29) is 6.10 Å². The highest BCUT2D eigenvalue weighted by Crippen LogP contribution is 2.34. The molecular weight excluding hydrogens is 468 g/mol. The van der Waals surface area contributed by atoms with Crippen molar-refractivity contribution >= 4 is 29.8 Å². The largest absolute Gasteiger partial charge is 0.462 e. The molecule has 0 aromatic carbocycles. The van der Waals surface area contributed by atoms with Crippen molar-refractivity contribution in [1.82, 2.24) is 0 Å². The number of carbonyl (C=O) groups is 5. The number of rotatable bonds is 9. The summed E-state index contributed by atoms with van der Waals surface area (Å²) in [6, 6.07) is 0. The number of hydrogen-bond donors (Lipinski definition) is 0. The molecule has 2 aliphatic rings. The molecule has 0 bridgehead atoms. The zero-order chi connectivity index (χ0) is 26.1. The Hall–Kier alpha value is -2.73. The second-order valence-corrected chi connectivity index (χ2v) is 8.54. The Morgan fingerprint density at radius 3 is 1.77 bits per heavy atom. The number of carbonyl (C=O) groups excluding carboxylic acids is 5. The molecule has 198 valence electrons. The van der Waals surface area contributed by atoms with Crippen molar-refractivity contribution in [3.63, 3.8) is 0 Å². The lowest BCUT2D eigenvalue weighted by Gasteiger charge is -2.46. The molecule has 35 heavy (non-hydrogen) atoms. The van der Waals surface area contributed by atoms with Gasteiger partial charge in [0, 0.05) is 34.6 Å². The van der Waals surface area contributed by atoms with Crippen LogP contribution in [-0.2, 0) is 57.1 Å². The maximum atomic E-state index is 12.0. The molecule has 0 radical (unpaired) electrons. The van der Waals surface area contributed by atoms with Crippen molar-refractivity contribution in [2.24, 2.45) is 0 Å². The lowest BCUT2D eigenvalue weighted by atomic mass is 9.93. The molecule has 0 aromatic heterocycles. The summed E-state index contributed by atoms with van der Waals surface area (Å²) >= 11 is 0. The van der Waals surface area contributed by atoms with E-state index in [1.165, 1.54) is 6.92 Å². The van der Waals surface area contributed by atoms with Gasteiger partial charge in [0.1, 0.15) is 12.7 Å². The zero-order valence-corrected chi connectivity index (χ0v) is 20.7. The SMILES string of the molecule is CC(=O)OC[C@@H](OC(C)=O)[C@H]1O[C@@H](OC2CCCCC2)[C@@H](OC(C)=O)[C@@H](OC(C)=O)[C@H]1OC(C)=O. The molecule has 2 rings (SSSR count). The van der Waals surface area contributed by atoms with Gasteiger partial charge in [0.05, 0.1) is 6.10 Å². The van der Waals surface area contributed by atoms with Gasteiger partial charge in [-0.25, -0.2) is 0 Å².